The SMILES string of the molecule is COc1cc(CSCC(C)CO)ccc1[N+](=O)[O-]. The van der Waals surface area contributed by atoms with E-state index in [0.717, 1.165) is 17.1 Å². The van der Waals surface area contributed by atoms with Gasteiger partial charge in [-0.3, -0.25) is 10.1 Å². The first-order chi connectivity index (χ1) is 8.58. The number of thioether (sulfide) groups is 1. The highest BCUT2D eigenvalue weighted by Gasteiger charge is 2.14. The van der Waals surface area contributed by atoms with E-state index in [2.05, 4.69) is 0 Å². The summed E-state index contributed by atoms with van der Waals surface area (Å²) in [6, 6.07) is 4.89. The highest BCUT2D eigenvalue weighted by molar-refractivity contribution is 7.98. The first kappa shape index (κ1) is 14.8. The Morgan fingerprint density at radius 1 is 1.56 bits per heavy atom. The molecule has 1 aromatic carbocycles. The molecule has 1 rings (SSSR count). The van der Waals surface area contributed by atoms with E-state index >= 15 is 0 Å². The van der Waals surface area contributed by atoms with Crippen LogP contribution in [0.1, 0.15) is 12.5 Å². The fourth-order valence-electron chi connectivity index (χ4n) is 1.39. The minimum absolute atomic E-state index is 0.0185. The maximum Gasteiger partial charge on any atom is 0.310 e. The summed E-state index contributed by atoms with van der Waals surface area (Å²) in [6.07, 6.45) is 0. The molecule has 18 heavy (non-hydrogen) atoms. The van der Waals surface area contributed by atoms with Crippen LogP contribution < -0.4 is 4.74 Å². The Morgan fingerprint density at radius 3 is 2.83 bits per heavy atom. The van der Waals surface area contributed by atoms with E-state index in [9.17, 15) is 10.1 Å². The molecule has 0 aliphatic carbocycles. The molecule has 0 radical (unpaired) electrons. The Kier molecular flexibility index (Phi) is 5.94. The maximum atomic E-state index is 10.7. The summed E-state index contributed by atoms with van der Waals surface area (Å²) in [6.45, 7) is 2.15. The molecule has 0 amide bonds. The van der Waals surface area contributed by atoms with E-state index in [4.69, 9.17) is 9.84 Å². The van der Waals surface area contributed by atoms with Crippen molar-refractivity contribution in [3.8, 4) is 5.75 Å². The van der Waals surface area contributed by atoms with Crippen molar-refractivity contribution in [2.24, 2.45) is 5.92 Å². The van der Waals surface area contributed by atoms with Crippen LogP contribution in [0, 0.1) is 16.0 Å². The van der Waals surface area contributed by atoms with Crippen molar-refractivity contribution in [1.29, 1.82) is 0 Å². The summed E-state index contributed by atoms with van der Waals surface area (Å²) in [5, 5.41) is 19.6. The van der Waals surface area contributed by atoms with Crippen molar-refractivity contribution in [3.05, 3.63) is 33.9 Å². The lowest BCUT2D eigenvalue weighted by atomic mass is 10.2. The van der Waals surface area contributed by atoms with Gasteiger partial charge in [-0.05, 0) is 23.3 Å². The molecule has 0 saturated heterocycles. The summed E-state index contributed by atoms with van der Waals surface area (Å²) in [5.41, 5.74) is 0.961. The summed E-state index contributed by atoms with van der Waals surface area (Å²) < 4.78 is 5.00. The normalized spacial score (nSPS) is 12.2. The zero-order chi connectivity index (χ0) is 13.5. The number of hydrogen-bond acceptors (Lipinski definition) is 5. The predicted octanol–water partition coefficient (Wildman–Crippen LogP) is 2.47. The maximum absolute atomic E-state index is 10.7. The van der Waals surface area contributed by atoms with Gasteiger partial charge in [0.2, 0.25) is 0 Å². The van der Waals surface area contributed by atoms with Gasteiger partial charge in [-0.25, -0.2) is 0 Å². The number of aliphatic hydroxyl groups excluding tert-OH is 1. The van der Waals surface area contributed by atoms with Gasteiger partial charge in [0, 0.05) is 18.4 Å². The van der Waals surface area contributed by atoms with Crippen LogP contribution in [0.4, 0.5) is 5.69 Å². The Morgan fingerprint density at radius 2 is 2.28 bits per heavy atom. The second kappa shape index (κ2) is 7.23. The van der Waals surface area contributed by atoms with E-state index in [1.807, 2.05) is 6.92 Å². The topological polar surface area (TPSA) is 72.6 Å². The monoisotopic (exact) mass is 271 g/mol. The second-order valence-electron chi connectivity index (χ2n) is 4.07. The molecule has 1 N–H and O–H groups in total. The molecular weight excluding hydrogens is 254 g/mol. The Balaban J connectivity index is 2.65. The number of benzene rings is 1. The minimum atomic E-state index is -0.455. The molecule has 5 nitrogen and oxygen atoms in total. The number of rotatable bonds is 7. The van der Waals surface area contributed by atoms with Gasteiger partial charge in [0.15, 0.2) is 5.75 Å². The van der Waals surface area contributed by atoms with Gasteiger partial charge in [-0.1, -0.05) is 13.0 Å². The lowest BCUT2D eigenvalue weighted by molar-refractivity contribution is -0.385. The van der Waals surface area contributed by atoms with E-state index in [1.54, 1.807) is 23.9 Å². The van der Waals surface area contributed by atoms with Crippen molar-refractivity contribution < 1.29 is 14.8 Å². The van der Waals surface area contributed by atoms with Gasteiger partial charge in [0.05, 0.1) is 12.0 Å². The van der Waals surface area contributed by atoms with Crippen molar-refractivity contribution in [1.82, 2.24) is 0 Å². The fraction of sp³-hybridized carbons (Fsp3) is 0.500. The third-order valence-corrected chi connectivity index (χ3v) is 3.77. The van der Waals surface area contributed by atoms with Crippen molar-refractivity contribution in [2.45, 2.75) is 12.7 Å². The zero-order valence-corrected chi connectivity index (χ0v) is 11.3. The number of hydrogen-bond donors (Lipinski definition) is 1. The molecule has 0 heterocycles. The molecule has 6 heteroatoms. The van der Waals surface area contributed by atoms with Crippen LogP contribution in [0.2, 0.25) is 0 Å². The van der Waals surface area contributed by atoms with Crippen molar-refractivity contribution >= 4 is 17.4 Å². The van der Waals surface area contributed by atoms with Crippen molar-refractivity contribution in [2.75, 3.05) is 19.5 Å². The highest BCUT2D eigenvalue weighted by atomic mass is 32.2. The molecule has 0 bridgehead atoms. The van der Waals surface area contributed by atoms with E-state index < -0.39 is 4.92 Å². The number of nitro groups is 1. The fourth-order valence-corrected chi connectivity index (χ4v) is 2.43. The second-order valence-corrected chi connectivity index (χ2v) is 5.10. The molecule has 0 saturated carbocycles. The van der Waals surface area contributed by atoms with Gasteiger partial charge in [0.1, 0.15) is 0 Å². The largest absolute Gasteiger partial charge is 0.490 e. The number of methoxy groups -OCH3 is 1. The number of nitrogens with zero attached hydrogens (tertiary/aromatic N) is 1. The Bertz CT molecular complexity index is 411. The van der Waals surface area contributed by atoms with Crippen LogP contribution in [0.15, 0.2) is 18.2 Å². The summed E-state index contributed by atoms with van der Waals surface area (Å²) in [5.74, 6) is 2.15. The molecule has 0 aliphatic heterocycles. The molecule has 0 fully saturated rings. The average molecular weight is 271 g/mol. The average Bonchev–Trinajstić information content (AvgIpc) is 2.37. The quantitative estimate of drug-likeness (QED) is 0.609. The Labute approximate surface area is 110 Å². The molecule has 0 aliphatic rings. The van der Waals surface area contributed by atoms with Crippen LogP contribution in [0.25, 0.3) is 0 Å². The molecule has 1 aromatic rings. The lowest BCUT2D eigenvalue weighted by Crippen LogP contribution is -2.03. The van der Waals surface area contributed by atoms with E-state index in [1.165, 1.54) is 13.2 Å². The number of aliphatic hydroxyl groups is 1. The first-order valence-corrected chi connectivity index (χ1v) is 6.73. The summed E-state index contributed by atoms with van der Waals surface area (Å²) in [4.78, 5) is 10.3. The molecular formula is C12H17NO4S. The van der Waals surface area contributed by atoms with Crippen molar-refractivity contribution in [3.63, 3.8) is 0 Å². The van der Waals surface area contributed by atoms with Crippen LogP contribution in [0.5, 0.6) is 5.75 Å². The standard InChI is InChI=1S/C12H17NO4S/c1-9(6-14)7-18-8-10-3-4-11(13(15)16)12(5-10)17-2/h3-5,9,14H,6-8H2,1-2H3. The number of nitro benzene ring substituents is 1. The lowest BCUT2D eigenvalue weighted by Gasteiger charge is -2.08. The highest BCUT2D eigenvalue weighted by Crippen LogP contribution is 2.29. The molecule has 1 unspecified atom stereocenters. The van der Waals surface area contributed by atoms with Crippen LogP contribution in [-0.2, 0) is 5.75 Å². The summed E-state index contributed by atoms with van der Waals surface area (Å²) >= 11 is 1.69. The van der Waals surface area contributed by atoms with Gasteiger partial charge in [-0.2, -0.15) is 11.8 Å². The molecule has 1 atom stereocenters. The summed E-state index contributed by atoms with van der Waals surface area (Å²) in [7, 11) is 1.42. The first-order valence-electron chi connectivity index (χ1n) is 5.58. The molecule has 0 aromatic heterocycles. The van der Waals surface area contributed by atoms with Gasteiger partial charge in [-0.15, -0.1) is 0 Å². The number of ether oxygens (including phenoxy) is 1. The van der Waals surface area contributed by atoms with E-state index in [-0.39, 0.29) is 24.0 Å². The van der Waals surface area contributed by atoms with Gasteiger partial charge in [0.25, 0.3) is 0 Å². The molecule has 100 valence electrons. The van der Waals surface area contributed by atoms with Crippen LogP contribution in [0.3, 0.4) is 0 Å². The predicted molar refractivity (Wildman–Crippen MR) is 72.1 cm³/mol. The van der Waals surface area contributed by atoms with Crippen LogP contribution >= 0.6 is 11.8 Å². The van der Waals surface area contributed by atoms with E-state index in [0.29, 0.717) is 0 Å². The minimum Gasteiger partial charge on any atom is -0.490 e. The smallest absolute Gasteiger partial charge is 0.310 e. The third-order valence-electron chi connectivity index (χ3n) is 2.42. The Hall–Kier alpha value is -1.27. The zero-order valence-electron chi connectivity index (χ0n) is 10.5. The third kappa shape index (κ3) is 4.19. The van der Waals surface area contributed by atoms with Gasteiger partial charge >= 0.3 is 5.69 Å². The molecule has 0 spiro atoms. The van der Waals surface area contributed by atoms with Crippen LogP contribution in [-0.4, -0.2) is 29.5 Å². The van der Waals surface area contributed by atoms with Gasteiger partial charge < -0.3 is 9.84 Å².